The van der Waals surface area contributed by atoms with E-state index in [2.05, 4.69) is 0 Å². The Morgan fingerprint density at radius 1 is 1.26 bits per heavy atom. The Hall–Kier alpha value is -2.24. The zero-order valence-electron chi connectivity index (χ0n) is 13.3. The number of carbonyl (C=O) groups is 2. The highest BCUT2D eigenvalue weighted by Crippen LogP contribution is 2.34. The van der Waals surface area contributed by atoms with Gasteiger partial charge in [-0.2, -0.15) is 0 Å². The van der Waals surface area contributed by atoms with Crippen LogP contribution in [0.5, 0.6) is 5.75 Å². The highest BCUT2D eigenvalue weighted by Gasteiger charge is 2.34. The highest BCUT2D eigenvalue weighted by atomic mass is 16.5. The summed E-state index contributed by atoms with van der Waals surface area (Å²) in [5, 5.41) is 9.08. The van der Waals surface area contributed by atoms with E-state index in [-0.39, 0.29) is 18.1 Å². The van der Waals surface area contributed by atoms with Crippen molar-refractivity contribution in [3.8, 4) is 5.75 Å². The molecule has 1 aromatic carbocycles. The van der Waals surface area contributed by atoms with Gasteiger partial charge in [0.15, 0.2) is 0 Å². The number of hydrogen-bond acceptors (Lipinski definition) is 3. The normalized spacial score (nSPS) is 21.5. The SMILES string of the molecule is CCC1CN(C(=O)N2CCC(C(=O)O)CC2)c2ccccc2O1. The summed E-state index contributed by atoms with van der Waals surface area (Å²) in [7, 11) is 0. The van der Waals surface area contributed by atoms with Gasteiger partial charge < -0.3 is 14.7 Å². The number of rotatable bonds is 2. The maximum Gasteiger partial charge on any atom is 0.324 e. The molecule has 0 spiro atoms. The Labute approximate surface area is 135 Å². The van der Waals surface area contributed by atoms with Crippen molar-refractivity contribution in [2.24, 2.45) is 5.92 Å². The molecule has 6 heteroatoms. The van der Waals surface area contributed by atoms with Gasteiger partial charge in [-0.05, 0) is 31.4 Å². The number of nitrogens with zero attached hydrogens (tertiary/aromatic N) is 2. The fraction of sp³-hybridized carbons (Fsp3) is 0.529. The molecule has 1 N–H and O–H groups in total. The second kappa shape index (κ2) is 6.48. The van der Waals surface area contributed by atoms with Gasteiger partial charge in [0.25, 0.3) is 0 Å². The molecule has 124 valence electrons. The molecule has 2 amide bonds. The van der Waals surface area contributed by atoms with Crippen molar-refractivity contribution in [2.75, 3.05) is 24.5 Å². The van der Waals surface area contributed by atoms with Crippen molar-refractivity contribution in [3.63, 3.8) is 0 Å². The number of piperidine rings is 1. The summed E-state index contributed by atoms with van der Waals surface area (Å²) in [6.45, 7) is 3.56. The average molecular weight is 318 g/mol. The monoisotopic (exact) mass is 318 g/mol. The summed E-state index contributed by atoms with van der Waals surface area (Å²) in [6, 6.07) is 7.52. The fourth-order valence-electron chi connectivity index (χ4n) is 3.18. The number of amides is 2. The van der Waals surface area contributed by atoms with Gasteiger partial charge in [-0.15, -0.1) is 0 Å². The van der Waals surface area contributed by atoms with E-state index in [0.29, 0.717) is 32.5 Å². The summed E-state index contributed by atoms with van der Waals surface area (Å²) < 4.78 is 5.91. The predicted molar refractivity (Wildman–Crippen MR) is 85.8 cm³/mol. The summed E-state index contributed by atoms with van der Waals surface area (Å²) in [6.07, 6.45) is 1.86. The Kier molecular flexibility index (Phi) is 4.41. The van der Waals surface area contributed by atoms with Crippen LogP contribution in [0.4, 0.5) is 10.5 Å². The van der Waals surface area contributed by atoms with Gasteiger partial charge in [0.1, 0.15) is 11.9 Å². The van der Waals surface area contributed by atoms with E-state index >= 15 is 0 Å². The van der Waals surface area contributed by atoms with Crippen molar-refractivity contribution >= 4 is 17.7 Å². The minimum atomic E-state index is -0.764. The Morgan fingerprint density at radius 3 is 2.61 bits per heavy atom. The lowest BCUT2D eigenvalue weighted by molar-refractivity contribution is -0.143. The van der Waals surface area contributed by atoms with Crippen LogP contribution in [0, 0.1) is 5.92 Å². The minimum Gasteiger partial charge on any atom is -0.486 e. The lowest BCUT2D eigenvalue weighted by atomic mass is 9.97. The van der Waals surface area contributed by atoms with Crippen molar-refractivity contribution in [1.82, 2.24) is 4.90 Å². The standard InChI is InChI=1S/C17H22N2O4/c1-2-13-11-19(14-5-3-4-6-15(14)23-13)17(22)18-9-7-12(8-10-18)16(20)21/h3-6,12-13H,2,7-11H2,1H3,(H,20,21). The molecule has 1 atom stereocenters. The summed E-state index contributed by atoms with van der Waals surface area (Å²) >= 11 is 0. The lowest BCUT2D eigenvalue weighted by Gasteiger charge is -2.39. The van der Waals surface area contributed by atoms with Crippen LogP contribution >= 0.6 is 0 Å². The smallest absolute Gasteiger partial charge is 0.324 e. The predicted octanol–water partition coefficient (Wildman–Crippen LogP) is 2.58. The number of carbonyl (C=O) groups excluding carboxylic acids is 1. The van der Waals surface area contributed by atoms with Gasteiger partial charge in [-0.1, -0.05) is 19.1 Å². The Bertz CT molecular complexity index is 596. The molecular formula is C17H22N2O4. The largest absolute Gasteiger partial charge is 0.486 e. The van der Waals surface area contributed by atoms with Crippen LogP contribution in [-0.2, 0) is 4.79 Å². The first kappa shape index (κ1) is 15.6. The number of likely N-dealkylation sites (tertiary alicyclic amines) is 1. The van der Waals surface area contributed by atoms with Gasteiger partial charge in [0.05, 0.1) is 18.2 Å². The summed E-state index contributed by atoms with van der Waals surface area (Å²) in [4.78, 5) is 27.5. The van der Waals surface area contributed by atoms with E-state index in [1.54, 1.807) is 9.80 Å². The maximum atomic E-state index is 12.9. The number of carboxylic acid groups (broad SMARTS) is 1. The molecule has 1 saturated heterocycles. The highest BCUT2D eigenvalue weighted by molar-refractivity contribution is 5.94. The van der Waals surface area contributed by atoms with Gasteiger partial charge in [-0.25, -0.2) is 4.79 Å². The average Bonchev–Trinajstić information content (AvgIpc) is 2.60. The molecule has 0 aromatic heterocycles. The van der Waals surface area contributed by atoms with Crippen molar-refractivity contribution < 1.29 is 19.4 Å². The molecule has 2 aliphatic heterocycles. The molecule has 0 saturated carbocycles. The first-order chi connectivity index (χ1) is 11.1. The fourth-order valence-corrected chi connectivity index (χ4v) is 3.18. The number of carboxylic acids is 1. The van der Waals surface area contributed by atoms with Gasteiger partial charge in [0.2, 0.25) is 0 Å². The van der Waals surface area contributed by atoms with Crippen LogP contribution in [0.2, 0.25) is 0 Å². The number of fused-ring (bicyclic) bond motifs is 1. The number of aliphatic carboxylic acids is 1. The minimum absolute atomic E-state index is 0.00888. The van der Waals surface area contributed by atoms with Crippen LogP contribution in [0.3, 0.4) is 0 Å². The molecule has 2 heterocycles. The third kappa shape index (κ3) is 3.11. The van der Waals surface area contributed by atoms with Crippen molar-refractivity contribution in [1.29, 1.82) is 0 Å². The quantitative estimate of drug-likeness (QED) is 0.910. The zero-order chi connectivity index (χ0) is 16.4. The van der Waals surface area contributed by atoms with Crippen LogP contribution in [0.1, 0.15) is 26.2 Å². The van der Waals surface area contributed by atoms with Gasteiger partial charge in [-0.3, -0.25) is 9.69 Å². The molecule has 23 heavy (non-hydrogen) atoms. The van der Waals surface area contributed by atoms with Crippen LogP contribution in [0.25, 0.3) is 0 Å². The molecule has 3 rings (SSSR count). The third-order valence-electron chi connectivity index (χ3n) is 4.64. The number of benzene rings is 1. The first-order valence-electron chi connectivity index (χ1n) is 8.15. The number of ether oxygens (including phenoxy) is 1. The molecule has 0 radical (unpaired) electrons. The Balaban J connectivity index is 1.76. The van der Waals surface area contributed by atoms with Gasteiger partial charge in [0, 0.05) is 13.1 Å². The van der Waals surface area contributed by atoms with E-state index in [1.165, 1.54) is 0 Å². The molecule has 1 fully saturated rings. The molecule has 2 aliphatic rings. The second-order valence-corrected chi connectivity index (χ2v) is 6.11. The van der Waals surface area contributed by atoms with Crippen LogP contribution in [-0.4, -0.2) is 47.7 Å². The van der Waals surface area contributed by atoms with E-state index in [0.717, 1.165) is 17.9 Å². The van der Waals surface area contributed by atoms with E-state index in [9.17, 15) is 9.59 Å². The summed E-state index contributed by atoms with van der Waals surface area (Å²) in [5.41, 5.74) is 0.794. The van der Waals surface area contributed by atoms with Crippen molar-refractivity contribution in [3.05, 3.63) is 24.3 Å². The van der Waals surface area contributed by atoms with Gasteiger partial charge >= 0.3 is 12.0 Å². The lowest BCUT2D eigenvalue weighted by Crippen LogP contribution is -2.51. The molecule has 1 unspecified atom stereocenters. The number of para-hydroxylation sites is 2. The van der Waals surface area contributed by atoms with E-state index in [4.69, 9.17) is 9.84 Å². The molecular weight excluding hydrogens is 296 g/mol. The maximum absolute atomic E-state index is 12.9. The van der Waals surface area contributed by atoms with Crippen LogP contribution < -0.4 is 9.64 Å². The molecule has 1 aromatic rings. The zero-order valence-corrected chi connectivity index (χ0v) is 13.3. The van der Waals surface area contributed by atoms with E-state index < -0.39 is 5.97 Å². The summed E-state index contributed by atoms with van der Waals surface area (Å²) in [5.74, 6) is -0.362. The van der Waals surface area contributed by atoms with Crippen LogP contribution in [0.15, 0.2) is 24.3 Å². The van der Waals surface area contributed by atoms with E-state index in [1.807, 2.05) is 31.2 Å². The number of urea groups is 1. The third-order valence-corrected chi connectivity index (χ3v) is 4.64. The second-order valence-electron chi connectivity index (χ2n) is 6.11. The number of anilines is 1. The molecule has 0 aliphatic carbocycles. The first-order valence-corrected chi connectivity index (χ1v) is 8.15. The number of hydrogen-bond donors (Lipinski definition) is 1. The topological polar surface area (TPSA) is 70.1 Å². The molecule has 6 nitrogen and oxygen atoms in total. The molecule has 0 bridgehead atoms. The Morgan fingerprint density at radius 2 is 1.96 bits per heavy atom. The van der Waals surface area contributed by atoms with Crippen molar-refractivity contribution in [2.45, 2.75) is 32.3 Å².